The van der Waals surface area contributed by atoms with Crippen LogP contribution in [0.2, 0.25) is 0 Å². The second-order valence-corrected chi connectivity index (χ2v) is 5.69. The largest absolute Gasteiger partial charge is 0.508 e. The van der Waals surface area contributed by atoms with Crippen LogP contribution in [0.4, 0.5) is 0 Å². The van der Waals surface area contributed by atoms with Gasteiger partial charge in [0.1, 0.15) is 17.7 Å². The lowest BCUT2D eigenvalue weighted by Gasteiger charge is -2.37. The first-order valence-corrected chi connectivity index (χ1v) is 7.21. The monoisotopic (exact) mass is 291 g/mol. The van der Waals surface area contributed by atoms with E-state index in [-0.39, 0.29) is 11.6 Å². The van der Waals surface area contributed by atoms with E-state index in [1.54, 1.807) is 12.2 Å². The fourth-order valence-corrected chi connectivity index (χ4v) is 3.08. The topological polar surface area (TPSA) is 71.1 Å². The zero-order chi connectivity index (χ0) is 15.7. The first-order valence-electron chi connectivity index (χ1n) is 7.21. The lowest BCUT2D eigenvalue weighted by Crippen LogP contribution is -2.45. The predicted octanol–water partition coefficient (Wildman–Crippen LogP) is 3.11. The van der Waals surface area contributed by atoms with E-state index >= 15 is 0 Å². The summed E-state index contributed by atoms with van der Waals surface area (Å²) in [5.74, 6) is 0.351. The van der Waals surface area contributed by atoms with Crippen LogP contribution in [0.25, 0.3) is 0 Å². The molecule has 2 aliphatic rings. The SMILES string of the molecule is CC12C=CC(O)=CC1=C(C#N)C(=N)N2CCc1ccccc1. The van der Waals surface area contributed by atoms with Crippen molar-refractivity contribution in [3.63, 3.8) is 0 Å². The van der Waals surface area contributed by atoms with Crippen LogP contribution in [0.3, 0.4) is 0 Å². The standard InChI is InChI=1S/C18H17N3O/c1-18-9-7-14(22)11-16(18)15(12-19)17(20)21(18)10-8-13-5-3-2-4-6-13/h2-7,9,11,20,22H,8,10H2,1H3. The normalized spacial score (nSPS) is 23.4. The Hall–Kier alpha value is -2.80. The van der Waals surface area contributed by atoms with Crippen molar-refractivity contribution in [2.45, 2.75) is 18.9 Å². The smallest absolute Gasteiger partial charge is 0.140 e. The van der Waals surface area contributed by atoms with Gasteiger partial charge in [0.25, 0.3) is 0 Å². The Morgan fingerprint density at radius 1 is 1.32 bits per heavy atom. The minimum atomic E-state index is -0.539. The van der Waals surface area contributed by atoms with Crippen LogP contribution in [-0.2, 0) is 6.42 Å². The molecule has 2 N–H and O–H groups in total. The van der Waals surface area contributed by atoms with Gasteiger partial charge in [-0.2, -0.15) is 5.26 Å². The van der Waals surface area contributed by atoms with Gasteiger partial charge in [-0.1, -0.05) is 36.4 Å². The summed E-state index contributed by atoms with van der Waals surface area (Å²) in [5, 5.41) is 27.4. The Morgan fingerprint density at radius 3 is 2.73 bits per heavy atom. The van der Waals surface area contributed by atoms with Crippen molar-refractivity contribution in [3.8, 4) is 6.07 Å². The van der Waals surface area contributed by atoms with Gasteiger partial charge in [-0.25, -0.2) is 0 Å². The molecule has 3 rings (SSSR count). The summed E-state index contributed by atoms with van der Waals surface area (Å²) in [6.07, 6.45) is 5.89. The first-order chi connectivity index (χ1) is 10.6. The first kappa shape index (κ1) is 14.2. The third-order valence-corrected chi connectivity index (χ3v) is 4.33. The number of nitriles is 1. The second kappa shape index (κ2) is 5.19. The van der Waals surface area contributed by atoms with E-state index in [2.05, 4.69) is 18.2 Å². The molecular weight excluding hydrogens is 274 g/mol. The maximum absolute atomic E-state index is 9.71. The van der Waals surface area contributed by atoms with Crippen LogP contribution >= 0.6 is 0 Å². The molecule has 1 heterocycles. The Kier molecular flexibility index (Phi) is 3.34. The highest BCUT2D eigenvalue weighted by molar-refractivity contribution is 6.05. The van der Waals surface area contributed by atoms with Crippen LogP contribution in [0.5, 0.6) is 0 Å². The lowest BCUT2D eigenvalue weighted by molar-refractivity contribution is 0.302. The molecule has 0 aromatic heterocycles. The third kappa shape index (κ3) is 2.11. The van der Waals surface area contributed by atoms with Gasteiger partial charge in [-0.15, -0.1) is 0 Å². The summed E-state index contributed by atoms with van der Waals surface area (Å²) < 4.78 is 0. The van der Waals surface area contributed by atoms with Gasteiger partial charge < -0.3 is 10.0 Å². The molecule has 0 radical (unpaired) electrons. The Labute approximate surface area is 129 Å². The number of rotatable bonds is 3. The number of hydrogen-bond donors (Lipinski definition) is 2. The number of nitrogens with one attached hydrogen (secondary N) is 1. The van der Waals surface area contributed by atoms with Gasteiger partial charge in [0.05, 0.1) is 11.1 Å². The molecule has 0 saturated heterocycles. The zero-order valence-electron chi connectivity index (χ0n) is 12.4. The summed E-state index contributed by atoms with van der Waals surface area (Å²) in [6, 6.07) is 12.2. The number of hydrogen-bond acceptors (Lipinski definition) is 3. The molecule has 0 spiro atoms. The highest BCUT2D eigenvalue weighted by Crippen LogP contribution is 2.40. The van der Waals surface area contributed by atoms with Crippen molar-refractivity contribution in [2.24, 2.45) is 0 Å². The van der Waals surface area contributed by atoms with Crippen LogP contribution in [0.15, 0.2) is 65.5 Å². The highest BCUT2D eigenvalue weighted by Gasteiger charge is 2.45. The summed E-state index contributed by atoms with van der Waals surface area (Å²) in [5.41, 5.74) is 1.70. The van der Waals surface area contributed by atoms with Crippen molar-refractivity contribution in [1.82, 2.24) is 4.90 Å². The van der Waals surface area contributed by atoms with E-state index in [0.717, 1.165) is 6.42 Å². The molecule has 110 valence electrons. The Morgan fingerprint density at radius 2 is 2.05 bits per heavy atom. The van der Waals surface area contributed by atoms with Crippen LogP contribution in [0, 0.1) is 16.7 Å². The number of aliphatic hydroxyl groups excluding tert-OH is 1. The molecule has 1 aliphatic heterocycles. The summed E-state index contributed by atoms with van der Waals surface area (Å²) in [4.78, 5) is 1.92. The van der Waals surface area contributed by atoms with E-state index in [1.807, 2.05) is 36.1 Å². The molecular formula is C18H17N3O. The van der Waals surface area contributed by atoms with Gasteiger partial charge in [0.2, 0.25) is 0 Å². The molecule has 4 heteroatoms. The van der Waals surface area contributed by atoms with Gasteiger partial charge in [-0.05, 0) is 31.1 Å². The zero-order valence-corrected chi connectivity index (χ0v) is 12.4. The predicted molar refractivity (Wildman–Crippen MR) is 85.5 cm³/mol. The molecule has 1 aromatic carbocycles. The van der Waals surface area contributed by atoms with Gasteiger partial charge in [0.15, 0.2) is 0 Å². The van der Waals surface area contributed by atoms with E-state index < -0.39 is 5.54 Å². The van der Waals surface area contributed by atoms with Gasteiger partial charge in [-0.3, -0.25) is 5.41 Å². The van der Waals surface area contributed by atoms with E-state index in [4.69, 9.17) is 5.41 Å². The fourth-order valence-electron chi connectivity index (χ4n) is 3.08. The molecule has 4 nitrogen and oxygen atoms in total. The third-order valence-electron chi connectivity index (χ3n) is 4.33. The molecule has 0 amide bonds. The van der Waals surface area contributed by atoms with E-state index in [0.29, 0.717) is 17.7 Å². The van der Waals surface area contributed by atoms with Gasteiger partial charge in [0, 0.05) is 12.1 Å². The molecule has 1 atom stereocenters. The van der Waals surface area contributed by atoms with Crippen molar-refractivity contribution >= 4 is 5.84 Å². The number of nitrogens with zero attached hydrogens (tertiary/aromatic N) is 2. The number of aliphatic hydroxyl groups is 1. The quantitative estimate of drug-likeness (QED) is 0.899. The molecule has 0 fully saturated rings. The van der Waals surface area contributed by atoms with Crippen LogP contribution in [-0.4, -0.2) is 27.9 Å². The van der Waals surface area contributed by atoms with E-state index in [1.165, 1.54) is 5.56 Å². The number of benzene rings is 1. The number of fused-ring (bicyclic) bond motifs is 1. The number of allylic oxidation sites excluding steroid dienone is 1. The molecule has 1 unspecified atom stereocenters. The highest BCUT2D eigenvalue weighted by atomic mass is 16.3. The maximum atomic E-state index is 9.71. The Bertz CT molecular complexity index is 752. The van der Waals surface area contributed by atoms with Crippen LogP contribution < -0.4 is 0 Å². The summed E-state index contributed by atoms with van der Waals surface area (Å²) >= 11 is 0. The average Bonchev–Trinajstić information content (AvgIpc) is 2.73. The maximum Gasteiger partial charge on any atom is 0.140 e. The molecule has 1 aromatic rings. The fraction of sp³-hybridized carbons (Fsp3) is 0.222. The minimum absolute atomic E-state index is 0.123. The molecule has 1 aliphatic carbocycles. The second-order valence-electron chi connectivity index (χ2n) is 5.69. The molecule has 22 heavy (non-hydrogen) atoms. The van der Waals surface area contributed by atoms with Crippen molar-refractivity contribution in [3.05, 3.63) is 71.0 Å². The number of amidine groups is 1. The summed E-state index contributed by atoms with van der Waals surface area (Å²) in [6.45, 7) is 2.62. The molecule has 0 bridgehead atoms. The summed E-state index contributed by atoms with van der Waals surface area (Å²) in [7, 11) is 0. The van der Waals surface area contributed by atoms with Crippen molar-refractivity contribution in [2.75, 3.05) is 6.54 Å². The lowest BCUT2D eigenvalue weighted by atomic mass is 9.86. The minimum Gasteiger partial charge on any atom is -0.508 e. The van der Waals surface area contributed by atoms with Crippen LogP contribution in [0.1, 0.15) is 12.5 Å². The van der Waals surface area contributed by atoms with Crippen molar-refractivity contribution in [1.29, 1.82) is 10.7 Å². The van der Waals surface area contributed by atoms with Gasteiger partial charge >= 0.3 is 0 Å². The molecule has 0 saturated carbocycles. The van der Waals surface area contributed by atoms with Crippen molar-refractivity contribution < 1.29 is 5.11 Å². The van der Waals surface area contributed by atoms with E-state index in [9.17, 15) is 10.4 Å². The average molecular weight is 291 g/mol. The Balaban J connectivity index is 1.90.